The molecule has 11 heavy (non-hydrogen) atoms. The molecule has 0 heterocycles. The molecule has 0 spiro atoms. The van der Waals surface area contributed by atoms with Gasteiger partial charge in [-0.2, -0.15) is 13.2 Å². The van der Waals surface area contributed by atoms with Crippen LogP contribution in [0.4, 0.5) is 13.2 Å². The number of unbranched alkanes of at least 4 members (excludes halogenated alkanes) is 4. The monoisotopic (exact) mass is 166 g/mol. The minimum absolute atomic E-state index is 0.551. The molecular weight excluding hydrogens is 153 g/mol. The van der Waals surface area contributed by atoms with Crippen LogP contribution in [-0.4, -0.2) is 6.18 Å². The lowest BCUT2D eigenvalue weighted by molar-refractivity contribution is -0.128. The second kappa shape index (κ2) is 5.44. The lowest BCUT2D eigenvalue weighted by Gasteiger charge is -2.04. The molecule has 2 radical (unpaired) electrons. The lowest BCUT2D eigenvalue weighted by atomic mass is 10.1. The van der Waals surface area contributed by atoms with Crippen LogP contribution < -0.4 is 0 Å². The van der Waals surface area contributed by atoms with Crippen molar-refractivity contribution in [2.45, 2.75) is 38.3 Å². The first kappa shape index (κ1) is 10.8. The average molecular weight is 166 g/mol. The van der Waals surface area contributed by atoms with Gasteiger partial charge in [-0.05, 0) is 12.8 Å². The van der Waals surface area contributed by atoms with Crippen LogP contribution in [0.5, 0.6) is 0 Å². The summed E-state index contributed by atoms with van der Waals surface area (Å²) in [5, 5.41) is 0. The van der Waals surface area contributed by atoms with Gasteiger partial charge in [-0.1, -0.05) is 26.2 Å². The van der Waals surface area contributed by atoms with E-state index in [1.807, 2.05) is 0 Å². The van der Waals surface area contributed by atoms with Crippen LogP contribution in [0.1, 0.15) is 32.1 Å². The Kier molecular flexibility index (Phi) is 5.34. The van der Waals surface area contributed by atoms with Crippen molar-refractivity contribution >= 4 is 0 Å². The van der Waals surface area contributed by atoms with Gasteiger partial charge in [0.2, 0.25) is 0 Å². The molecule has 0 rings (SSSR count). The maximum Gasteiger partial charge on any atom is 0.389 e. The van der Waals surface area contributed by atoms with Crippen molar-refractivity contribution in [2.75, 3.05) is 0 Å². The molecule has 0 aliphatic carbocycles. The summed E-state index contributed by atoms with van der Waals surface area (Å²) in [7, 11) is 0. The number of alkyl halides is 3. The Balaban J connectivity index is 3.02. The van der Waals surface area contributed by atoms with E-state index < -0.39 is 12.6 Å². The molecule has 0 aromatic heterocycles. The van der Waals surface area contributed by atoms with E-state index in [2.05, 4.69) is 6.92 Å². The van der Waals surface area contributed by atoms with Crippen LogP contribution in [0.25, 0.3) is 0 Å². The van der Waals surface area contributed by atoms with E-state index in [-0.39, 0.29) is 0 Å². The first-order chi connectivity index (χ1) is 5.06. The van der Waals surface area contributed by atoms with Crippen molar-refractivity contribution in [3.8, 4) is 0 Å². The zero-order chi connectivity index (χ0) is 8.74. The van der Waals surface area contributed by atoms with E-state index in [1.165, 1.54) is 6.42 Å². The summed E-state index contributed by atoms with van der Waals surface area (Å²) in [6, 6.07) is 0. The molecule has 0 aliphatic heterocycles. The third-order valence-corrected chi connectivity index (χ3v) is 1.28. The van der Waals surface area contributed by atoms with Gasteiger partial charge in [0, 0.05) is 6.42 Å². The van der Waals surface area contributed by atoms with Crippen LogP contribution in [0, 0.1) is 13.3 Å². The predicted molar refractivity (Wildman–Crippen MR) is 38.8 cm³/mol. The molecule has 3 heteroatoms. The Hall–Kier alpha value is -0.210. The molecule has 0 aromatic carbocycles. The molecule has 0 amide bonds. The molecule has 66 valence electrons. The topological polar surface area (TPSA) is 0 Å². The molecule has 0 atom stereocenters. The highest BCUT2D eigenvalue weighted by Crippen LogP contribution is 2.22. The Labute approximate surface area is 65.8 Å². The molecule has 0 fully saturated rings. The summed E-state index contributed by atoms with van der Waals surface area (Å²) in [4.78, 5) is 0. The van der Waals surface area contributed by atoms with E-state index in [4.69, 9.17) is 0 Å². The summed E-state index contributed by atoms with van der Waals surface area (Å²) in [5.41, 5.74) is 0. The Morgan fingerprint density at radius 1 is 1.18 bits per heavy atom. The number of hydrogen-bond acceptors (Lipinski definition) is 0. The quantitative estimate of drug-likeness (QED) is 0.548. The summed E-state index contributed by atoms with van der Waals surface area (Å²) < 4.78 is 34.6. The third-order valence-electron chi connectivity index (χ3n) is 1.28. The SMILES string of the molecule is [CH2]CCCC[CH]CC(F)(F)F. The van der Waals surface area contributed by atoms with Gasteiger partial charge in [0.15, 0.2) is 0 Å². The summed E-state index contributed by atoms with van der Waals surface area (Å²) >= 11 is 0. The zero-order valence-electron chi connectivity index (χ0n) is 6.45. The second-order valence-corrected chi connectivity index (χ2v) is 2.46. The minimum Gasteiger partial charge on any atom is -0.171 e. The fourth-order valence-corrected chi connectivity index (χ4v) is 0.731. The van der Waals surface area contributed by atoms with E-state index in [1.54, 1.807) is 0 Å². The molecular formula is C8H13F3. The third kappa shape index (κ3) is 9.79. The first-order valence-corrected chi connectivity index (χ1v) is 3.74. The average Bonchev–Trinajstić information content (AvgIpc) is 1.85. The highest BCUT2D eigenvalue weighted by Gasteiger charge is 2.25. The van der Waals surface area contributed by atoms with Crippen molar-refractivity contribution in [1.29, 1.82) is 0 Å². The van der Waals surface area contributed by atoms with Gasteiger partial charge in [0.25, 0.3) is 0 Å². The molecule has 0 bridgehead atoms. The van der Waals surface area contributed by atoms with Gasteiger partial charge in [-0.15, -0.1) is 0 Å². The summed E-state index contributed by atoms with van der Waals surface area (Å²) in [6.07, 6.45) is -0.410. The Morgan fingerprint density at radius 2 is 1.82 bits per heavy atom. The van der Waals surface area contributed by atoms with Gasteiger partial charge in [-0.25, -0.2) is 0 Å². The highest BCUT2D eigenvalue weighted by atomic mass is 19.4. The van der Waals surface area contributed by atoms with Gasteiger partial charge >= 0.3 is 6.18 Å². The maximum atomic E-state index is 11.5. The van der Waals surface area contributed by atoms with Gasteiger partial charge in [-0.3, -0.25) is 0 Å². The smallest absolute Gasteiger partial charge is 0.171 e. The minimum atomic E-state index is -4.02. The fraction of sp³-hybridized carbons (Fsp3) is 0.750. The fourth-order valence-electron chi connectivity index (χ4n) is 0.731. The lowest BCUT2D eigenvalue weighted by Crippen LogP contribution is -2.06. The van der Waals surface area contributed by atoms with Crippen molar-refractivity contribution < 1.29 is 13.2 Å². The van der Waals surface area contributed by atoms with Crippen molar-refractivity contribution in [3.63, 3.8) is 0 Å². The number of hydrogen-bond donors (Lipinski definition) is 0. The molecule has 0 aliphatic rings. The standard InChI is InChI=1S/C8H13F3/c1-2-3-4-5-6-7-8(9,10)11/h6H,1-5,7H2. The maximum absolute atomic E-state index is 11.5. The normalized spacial score (nSPS) is 12.0. The highest BCUT2D eigenvalue weighted by molar-refractivity contribution is 4.69. The first-order valence-electron chi connectivity index (χ1n) is 3.74. The summed E-state index contributed by atoms with van der Waals surface area (Å²) in [6.45, 7) is 3.60. The van der Waals surface area contributed by atoms with Crippen molar-refractivity contribution in [3.05, 3.63) is 13.3 Å². The van der Waals surface area contributed by atoms with Crippen LogP contribution in [0.3, 0.4) is 0 Å². The van der Waals surface area contributed by atoms with E-state index in [0.717, 1.165) is 19.3 Å². The molecule has 0 saturated heterocycles. The number of rotatable bonds is 5. The molecule has 0 saturated carbocycles. The number of halogens is 3. The Bertz CT molecular complexity index is 85.8. The van der Waals surface area contributed by atoms with Gasteiger partial charge in [0.05, 0.1) is 0 Å². The van der Waals surface area contributed by atoms with Gasteiger partial charge in [0.1, 0.15) is 0 Å². The van der Waals surface area contributed by atoms with Crippen LogP contribution >= 0.6 is 0 Å². The Morgan fingerprint density at radius 3 is 2.27 bits per heavy atom. The van der Waals surface area contributed by atoms with E-state index in [0.29, 0.717) is 6.42 Å². The van der Waals surface area contributed by atoms with Crippen molar-refractivity contribution in [1.82, 2.24) is 0 Å². The molecule has 0 nitrogen and oxygen atoms in total. The van der Waals surface area contributed by atoms with Crippen LogP contribution in [-0.2, 0) is 0 Å². The second-order valence-electron chi connectivity index (χ2n) is 2.46. The largest absolute Gasteiger partial charge is 0.389 e. The van der Waals surface area contributed by atoms with Crippen LogP contribution in [0.15, 0.2) is 0 Å². The predicted octanol–water partition coefficient (Wildman–Crippen LogP) is 3.54. The summed E-state index contributed by atoms with van der Waals surface area (Å²) in [5.74, 6) is 0. The van der Waals surface area contributed by atoms with E-state index in [9.17, 15) is 13.2 Å². The molecule has 0 N–H and O–H groups in total. The molecule has 0 aromatic rings. The van der Waals surface area contributed by atoms with Crippen LogP contribution in [0.2, 0.25) is 0 Å². The van der Waals surface area contributed by atoms with Gasteiger partial charge < -0.3 is 0 Å². The zero-order valence-corrected chi connectivity index (χ0v) is 6.45. The van der Waals surface area contributed by atoms with E-state index >= 15 is 0 Å². The van der Waals surface area contributed by atoms with Crippen molar-refractivity contribution in [2.24, 2.45) is 0 Å². The molecule has 0 unspecified atom stereocenters.